The molecule has 5 heteroatoms. The van der Waals surface area contributed by atoms with E-state index in [1.165, 1.54) is 6.92 Å². The molecule has 0 aliphatic carbocycles. The maximum atomic E-state index is 12.2. The maximum Gasteiger partial charge on any atom is 0.205 e. The van der Waals surface area contributed by atoms with Crippen LogP contribution in [0.4, 0.5) is 0 Å². The van der Waals surface area contributed by atoms with Crippen LogP contribution in [0.5, 0.6) is 5.75 Å². The number of nitrogens with zero attached hydrogens (tertiary/aromatic N) is 1. The van der Waals surface area contributed by atoms with Crippen molar-refractivity contribution in [3.63, 3.8) is 0 Å². The number of Topliss-reactive ketones (excluding diaryl/α,β-unsaturated/α-hetero) is 1. The van der Waals surface area contributed by atoms with Crippen LogP contribution in [0.3, 0.4) is 0 Å². The Kier molecular flexibility index (Phi) is 5.28. The Morgan fingerprint density at radius 2 is 1.96 bits per heavy atom. The Morgan fingerprint density at radius 1 is 1.22 bits per heavy atom. The van der Waals surface area contributed by atoms with Crippen LogP contribution in [0.15, 0.2) is 77.4 Å². The monoisotopic (exact) mass is 360 g/mol. The van der Waals surface area contributed by atoms with E-state index in [9.17, 15) is 10.1 Å². The highest BCUT2D eigenvalue weighted by Crippen LogP contribution is 2.40. The first-order chi connectivity index (χ1) is 13.0. The Bertz CT molecular complexity index is 969. The summed E-state index contributed by atoms with van der Waals surface area (Å²) < 4.78 is 11.3. The molecular weight excluding hydrogens is 340 g/mol. The molecule has 1 aliphatic rings. The highest BCUT2D eigenvalue weighted by Gasteiger charge is 2.33. The van der Waals surface area contributed by atoms with E-state index in [4.69, 9.17) is 15.2 Å². The second-order valence-corrected chi connectivity index (χ2v) is 6.30. The van der Waals surface area contributed by atoms with Crippen molar-refractivity contribution in [2.75, 3.05) is 0 Å². The molecule has 27 heavy (non-hydrogen) atoms. The molecule has 0 fully saturated rings. The van der Waals surface area contributed by atoms with Gasteiger partial charge in [0, 0.05) is 5.57 Å². The number of carbonyl (C=O) groups excluding carboxylic acids is 1. The summed E-state index contributed by atoms with van der Waals surface area (Å²) in [5.41, 5.74) is 8.37. The number of hydrogen-bond donors (Lipinski definition) is 1. The largest absolute Gasteiger partial charge is 0.489 e. The number of nitrogens with two attached hydrogens (primary N) is 1. The van der Waals surface area contributed by atoms with Crippen LogP contribution in [0, 0.1) is 11.3 Å². The third kappa shape index (κ3) is 3.85. The molecule has 136 valence electrons. The average molecular weight is 360 g/mol. The summed E-state index contributed by atoms with van der Waals surface area (Å²) in [6.45, 7) is 3.57. The van der Waals surface area contributed by atoms with Gasteiger partial charge in [0.2, 0.25) is 5.88 Å². The third-order valence-electron chi connectivity index (χ3n) is 4.42. The smallest absolute Gasteiger partial charge is 0.205 e. The SMILES string of the molecule is CC(=O)C1=C(C)OC(N)=C(C#N)C1c1cccc(OCc2ccccc2)c1. The lowest BCUT2D eigenvalue weighted by Crippen LogP contribution is -2.23. The Morgan fingerprint density at radius 3 is 2.63 bits per heavy atom. The van der Waals surface area contributed by atoms with Crippen molar-refractivity contribution < 1.29 is 14.3 Å². The molecule has 2 aromatic rings. The van der Waals surface area contributed by atoms with Crippen molar-refractivity contribution in [1.82, 2.24) is 0 Å². The fraction of sp³-hybridized carbons (Fsp3) is 0.182. The first kappa shape index (κ1) is 18.3. The van der Waals surface area contributed by atoms with Gasteiger partial charge in [-0.3, -0.25) is 4.79 Å². The van der Waals surface area contributed by atoms with E-state index < -0.39 is 5.92 Å². The van der Waals surface area contributed by atoms with Gasteiger partial charge >= 0.3 is 0 Å². The summed E-state index contributed by atoms with van der Waals surface area (Å²) in [5.74, 6) is 0.370. The fourth-order valence-electron chi connectivity index (χ4n) is 3.19. The summed E-state index contributed by atoms with van der Waals surface area (Å²) in [6.07, 6.45) is 0. The molecule has 2 aromatic carbocycles. The number of ether oxygens (including phenoxy) is 2. The van der Waals surface area contributed by atoms with Gasteiger partial charge in [-0.15, -0.1) is 0 Å². The molecule has 5 nitrogen and oxygen atoms in total. The van der Waals surface area contributed by atoms with Gasteiger partial charge in [0.25, 0.3) is 0 Å². The molecule has 0 bridgehead atoms. The average Bonchev–Trinajstić information content (AvgIpc) is 2.66. The van der Waals surface area contributed by atoms with Gasteiger partial charge in [0.05, 0.1) is 5.92 Å². The summed E-state index contributed by atoms with van der Waals surface area (Å²) in [7, 11) is 0. The zero-order valence-electron chi connectivity index (χ0n) is 15.2. The molecule has 1 unspecified atom stereocenters. The maximum absolute atomic E-state index is 12.2. The van der Waals surface area contributed by atoms with Gasteiger partial charge in [-0.25, -0.2) is 0 Å². The highest BCUT2D eigenvalue weighted by atomic mass is 16.5. The second-order valence-electron chi connectivity index (χ2n) is 6.30. The molecule has 0 aromatic heterocycles. The molecule has 0 spiro atoms. The number of benzene rings is 2. The number of rotatable bonds is 5. The van der Waals surface area contributed by atoms with Crippen molar-refractivity contribution in [3.05, 3.63) is 88.5 Å². The lowest BCUT2D eigenvalue weighted by Gasteiger charge is -2.27. The lowest BCUT2D eigenvalue weighted by atomic mass is 9.81. The van der Waals surface area contributed by atoms with Crippen LogP contribution in [-0.4, -0.2) is 5.78 Å². The summed E-state index contributed by atoms with van der Waals surface area (Å²) in [5, 5.41) is 9.57. The quantitative estimate of drug-likeness (QED) is 0.873. The van der Waals surface area contributed by atoms with E-state index >= 15 is 0 Å². The third-order valence-corrected chi connectivity index (χ3v) is 4.42. The standard InChI is InChI=1S/C22H20N2O3/c1-14(25)20-15(2)27-22(24)19(12-23)21(20)17-9-6-10-18(11-17)26-13-16-7-4-3-5-8-16/h3-11,21H,13,24H2,1-2H3. The normalized spacial score (nSPS) is 16.6. The first-order valence-corrected chi connectivity index (χ1v) is 8.57. The Balaban J connectivity index is 1.95. The minimum atomic E-state index is -0.568. The van der Waals surface area contributed by atoms with Gasteiger partial charge in [-0.05, 0) is 37.1 Å². The van der Waals surface area contributed by atoms with Crippen LogP contribution in [-0.2, 0) is 16.1 Å². The number of nitriles is 1. The molecule has 3 rings (SSSR count). The minimum Gasteiger partial charge on any atom is -0.489 e. The van der Waals surface area contributed by atoms with E-state index in [1.807, 2.05) is 54.6 Å². The molecule has 0 radical (unpaired) electrons. The summed E-state index contributed by atoms with van der Waals surface area (Å²) in [4.78, 5) is 12.2. The Labute approximate surface area is 158 Å². The van der Waals surface area contributed by atoms with E-state index in [1.54, 1.807) is 6.92 Å². The van der Waals surface area contributed by atoms with Crippen LogP contribution in [0.1, 0.15) is 30.9 Å². The molecule has 0 amide bonds. The number of carbonyl (C=O) groups is 1. The summed E-state index contributed by atoms with van der Waals surface area (Å²) >= 11 is 0. The highest BCUT2D eigenvalue weighted by molar-refractivity contribution is 5.96. The molecule has 0 saturated carbocycles. The van der Waals surface area contributed by atoms with Gasteiger partial charge in [-0.2, -0.15) is 5.26 Å². The van der Waals surface area contributed by atoms with E-state index in [0.717, 1.165) is 11.1 Å². The van der Waals surface area contributed by atoms with E-state index in [0.29, 0.717) is 23.7 Å². The van der Waals surface area contributed by atoms with Crippen LogP contribution < -0.4 is 10.5 Å². The first-order valence-electron chi connectivity index (χ1n) is 8.57. The molecule has 2 N–H and O–H groups in total. The van der Waals surface area contributed by atoms with E-state index in [2.05, 4.69) is 6.07 Å². The zero-order chi connectivity index (χ0) is 19.4. The molecule has 1 aliphatic heterocycles. The van der Waals surface area contributed by atoms with Crippen molar-refractivity contribution in [3.8, 4) is 11.8 Å². The second kappa shape index (κ2) is 7.79. The molecule has 1 atom stereocenters. The van der Waals surface area contributed by atoms with Crippen molar-refractivity contribution in [2.24, 2.45) is 5.73 Å². The fourth-order valence-corrected chi connectivity index (χ4v) is 3.19. The van der Waals surface area contributed by atoms with Gasteiger partial charge in [0.1, 0.15) is 29.8 Å². The minimum absolute atomic E-state index is 0.0283. The number of allylic oxidation sites excluding steroid dienone is 3. The number of ketones is 1. The van der Waals surface area contributed by atoms with Crippen molar-refractivity contribution >= 4 is 5.78 Å². The van der Waals surface area contributed by atoms with Crippen LogP contribution in [0.25, 0.3) is 0 Å². The van der Waals surface area contributed by atoms with Gasteiger partial charge < -0.3 is 15.2 Å². The number of hydrogen-bond acceptors (Lipinski definition) is 5. The van der Waals surface area contributed by atoms with Crippen LogP contribution >= 0.6 is 0 Å². The van der Waals surface area contributed by atoms with Crippen molar-refractivity contribution in [2.45, 2.75) is 26.4 Å². The molecule has 0 saturated heterocycles. The predicted octanol–water partition coefficient (Wildman–Crippen LogP) is 3.94. The van der Waals surface area contributed by atoms with Crippen molar-refractivity contribution in [1.29, 1.82) is 5.26 Å². The molecule has 1 heterocycles. The topological polar surface area (TPSA) is 85.3 Å². The summed E-state index contributed by atoms with van der Waals surface area (Å²) in [6, 6.07) is 19.3. The molecular formula is C22H20N2O3. The Hall–Kier alpha value is -3.52. The predicted molar refractivity (Wildman–Crippen MR) is 101 cm³/mol. The van der Waals surface area contributed by atoms with Gasteiger partial charge in [-0.1, -0.05) is 42.5 Å². The lowest BCUT2D eigenvalue weighted by molar-refractivity contribution is -0.114. The van der Waals surface area contributed by atoms with Crippen LogP contribution in [0.2, 0.25) is 0 Å². The van der Waals surface area contributed by atoms with E-state index in [-0.39, 0.29) is 17.2 Å². The zero-order valence-corrected chi connectivity index (χ0v) is 15.2. The van der Waals surface area contributed by atoms with Gasteiger partial charge in [0.15, 0.2) is 5.78 Å².